The molecule has 0 spiro atoms. The van der Waals surface area contributed by atoms with E-state index in [9.17, 15) is 18.3 Å². The number of piperidine rings is 1. The molecule has 0 unspecified atom stereocenters. The van der Waals surface area contributed by atoms with Crippen LogP contribution in [0.15, 0.2) is 23.1 Å². The summed E-state index contributed by atoms with van der Waals surface area (Å²) in [6.45, 7) is 3.59. The van der Waals surface area contributed by atoms with Crippen LogP contribution in [0, 0.1) is 5.92 Å². The first-order valence-corrected chi connectivity index (χ1v) is 12.6. The van der Waals surface area contributed by atoms with Crippen LogP contribution in [0.5, 0.6) is 0 Å². The Bertz CT molecular complexity index is 816. The fourth-order valence-corrected chi connectivity index (χ4v) is 7.02. The number of benzene rings is 1. The van der Waals surface area contributed by atoms with Gasteiger partial charge in [0.05, 0.1) is 5.02 Å². The Morgan fingerprint density at radius 3 is 2.86 bits per heavy atom. The quantitative estimate of drug-likeness (QED) is 0.752. The molecule has 2 aliphatic rings. The Morgan fingerprint density at radius 1 is 1.36 bits per heavy atom. The van der Waals surface area contributed by atoms with Crippen molar-refractivity contribution < 1.29 is 18.3 Å². The molecule has 1 aromatic rings. The molecule has 1 aromatic carbocycles. The van der Waals surface area contributed by atoms with Gasteiger partial charge in [-0.3, -0.25) is 4.79 Å². The van der Waals surface area contributed by atoms with E-state index in [1.54, 1.807) is 22.7 Å². The number of aliphatic hydroxyl groups excluding tert-OH is 1. The Morgan fingerprint density at radius 2 is 2.14 bits per heavy atom. The number of sulfonamides is 1. The van der Waals surface area contributed by atoms with Crippen LogP contribution in [-0.2, 0) is 10.0 Å². The third kappa shape index (κ3) is 4.67. The standard InChI is InChI=1S/C19H27ClN2O4S2/c1-14-3-2-7-21(12-14)28(25,26)18-11-15(4-5-17(18)20)19(24)22-8-10-27-13-16(22)6-9-23/h4-5,11,14,16,23H,2-3,6-10,12-13H2,1H3/t14-,16+/m0/s1. The van der Waals surface area contributed by atoms with Crippen LogP contribution in [0.2, 0.25) is 5.02 Å². The van der Waals surface area contributed by atoms with Gasteiger partial charge in [-0.15, -0.1) is 0 Å². The van der Waals surface area contributed by atoms with Crippen LogP contribution < -0.4 is 0 Å². The maximum absolute atomic E-state index is 13.2. The zero-order valence-electron chi connectivity index (χ0n) is 16.0. The van der Waals surface area contributed by atoms with Crippen LogP contribution in [0.3, 0.4) is 0 Å². The van der Waals surface area contributed by atoms with Crippen LogP contribution in [0.1, 0.15) is 36.5 Å². The van der Waals surface area contributed by atoms with E-state index in [1.165, 1.54) is 16.4 Å². The monoisotopic (exact) mass is 446 g/mol. The lowest BCUT2D eigenvalue weighted by Crippen LogP contribution is -2.46. The Labute approximate surface area is 176 Å². The molecule has 2 heterocycles. The second-order valence-corrected chi connectivity index (χ2v) is 11.0. The summed E-state index contributed by atoms with van der Waals surface area (Å²) >= 11 is 8.00. The summed E-state index contributed by atoms with van der Waals surface area (Å²) in [4.78, 5) is 14.8. The van der Waals surface area contributed by atoms with Crippen LogP contribution >= 0.6 is 23.4 Å². The van der Waals surface area contributed by atoms with Crippen molar-refractivity contribution >= 4 is 39.3 Å². The second-order valence-electron chi connectivity index (χ2n) is 7.50. The van der Waals surface area contributed by atoms with Crippen molar-refractivity contribution in [2.24, 2.45) is 5.92 Å². The van der Waals surface area contributed by atoms with Crippen molar-refractivity contribution in [3.63, 3.8) is 0 Å². The lowest BCUT2D eigenvalue weighted by molar-refractivity contribution is 0.0678. The first-order valence-electron chi connectivity index (χ1n) is 9.64. The number of carbonyl (C=O) groups excluding carboxylic acids is 1. The van der Waals surface area contributed by atoms with E-state index >= 15 is 0 Å². The smallest absolute Gasteiger partial charge is 0.254 e. The van der Waals surface area contributed by atoms with Crippen molar-refractivity contribution in [3.8, 4) is 0 Å². The summed E-state index contributed by atoms with van der Waals surface area (Å²) in [7, 11) is -3.75. The van der Waals surface area contributed by atoms with Crippen molar-refractivity contribution in [3.05, 3.63) is 28.8 Å². The second kappa shape index (κ2) is 9.34. The largest absolute Gasteiger partial charge is 0.396 e. The highest BCUT2D eigenvalue weighted by atomic mass is 35.5. The van der Waals surface area contributed by atoms with Gasteiger partial charge < -0.3 is 10.0 Å². The Balaban J connectivity index is 1.89. The summed E-state index contributed by atoms with van der Waals surface area (Å²) < 4.78 is 27.8. The molecule has 2 aliphatic heterocycles. The molecule has 0 bridgehead atoms. The summed E-state index contributed by atoms with van der Waals surface area (Å²) in [5, 5.41) is 9.43. The number of hydrogen-bond acceptors (Lipinski definition) is 5. The van der Waals surface area contributed by atoms with E-state index in [2.05, 4.69) is 0 Å². The van der Waals surface area contributed by atoms with Gasteiger partial charge in [-0.05, 0) is 43.4 Å². The van der Waals surface area contributed by atoms with Crippen LogP contribution in [0.4, 0.5) is 0 Å². The molecule has 1 N–H and O–H groups in total. The molecule has 2 atom stereocenters. The minimum absolute atomic E-state index is 0.000732. The van der Waals surface area contributed by atoms with Gasteiger partial charge in [0.25, 0.3) is 5.91 Å². The number of rotatable bonds is 5. The highest BCUT2D eigenvalue weighted by molar-refractivity contribution is 7.99. The zero-order valence-corrected chi connectivity index (χ0v) is 18.4. The normalized spacial score (nSPS) is 24.3. The average molecular weight is 447 g/mol. The van der Waals surface area contributed by atoms with Crippen molar-refractivity contribution in [2.45, 2.75) is 37.1 Å². The fraction of sp³-hybridized carbons (Fsp3) is 0.632. The van der Waals surface area contributed by atoms with Crippen molar-refractivity contribution in [2.75, 3.05) is 37.7 Å². The summed E-state index contributed by atoms with van der Waals surface area (Å²) in [6.07, 6.45) is 2.35. The highest BCUT2D eigenvalue weighted by Gasteiger charge is 2.32. The predicted octanol–water partition coefficient (Wildman–Crippen LogP) is 2.70. The predicted molar refractivity (Wildman–Crippen MR) is 112 cm³/mol. The number of thioether (sulfide) groups is 1. The van der Waals surface area contributed by atoms with Crippen molar-refractivity contribution in [1.82, 2.24) is 9.21 Å². The maximum Gasteiger partial charge on any atom is 0.254 e. The van der Waals surface area contributed by atoms with Gasteiger partial charge in [0.15, 0.2) is 0 Å². The molecular formula is C19H27ClN2O4S2. The molecule has 0 radical (unpaired) electrons. The van der Waals surface area contributed by atoms with Crippen molar-refractivity contribution in [1.29, 1.82) is 0 Å². The minimum Gasteiger partial charge on any atom is -0.396 e. The van der Waals surface area contributed by atoms with E-state index in [0.29, 0.717) is 37.5 Å². The summed E-state index contributed by atoms with van der Waals surface area (Å²) in [5.74, 6) is 1.70. The molecule has 156 valence electrons. The van der Waals surface area contributed by atoms with E-state index in [1.807, 2.05) is 6.92 Å². The van der Waals surface area contributed by atoms with Crippen LogP contribution in [0.25, 0.3) is 0 Å². The van der Waals surface area contributed by atoms with E-state index < -0.39 is 10.0 Å². The van der Waals surface area contributed by atoms with Gasteiger partial charge in [0.1, 0.15) is 4.90 Å². The lowest BCUT2D eigenvalue weighted by Gasteiger charge is -2.35. The third-order valence-corrected chi connectivity index (χ3v) is 8.80. The summed E-state index contributed by atoms with van der Waals surface area (Å²) in [6, 6.07) is 4.45. The van der Waals surface area contributed by atoms with Gasteiger partial charge in [-0.25, -0.2) is 8.42 Å². The molecule has 9 heteroatoms. The molecule has 0 saturated carbocycles. The van der Waals surface area contributed by atoms with Crippen LogP contribution in [-0.4, -0.2) is 72.4 Å². The molecule has 6 nitrogen and oxygen atoms in total. The summed E-state index contributed by atoms with van der Waals surface area (Å²) in [5.41, 5.74) is 0.322. The number of halogens is 1. The molecule has 1 amide bonds. The molecule has 28 heavy (non-hydrogen) atoms. The minimum atomic E-state index is -3.75. The van der Waals surface area contributed by atoms with Gasteiger partial charge in [0.2, 0.25) is 10.0 Å². The maximum atomic E-state index is 13.2. The molecule has 3 rings (SSSR count). The fourth-order valence-electron chi connectivity index (χ4n) is 3.81. The van der Waals surface area contributed by atoms with Gasteiger partial charge in [-0.1, -0.05) is 18.5 Å². The topological polar surface area (TPSA) is 77.9 Å². The first-order chi connectivity index (χ1) is 13.3. The number of hydrogen-bond donors (Lipinski definition) is 1. The van der Waals surface area contributed by atoms with Gasteiger partial charge in [0, 0.05) is 49.4 Å². The Kier molecular flexibility index (Phi) is 7.31. The zero-order chi connectivity index (χ0) is 20.3. The number of nitrogens with zero attached hydrogens (tertiary/aromatic N) is 2. The van der Waals surface area contributed by atoms with E-state index in [4.69, 9.17) is 11.6 Å². The van der Waals surface area contributed by atoms with E-state index in [-0.39, 0.29) is 28.5 Å². The first kappa shape index (κ1) is 21.9. The van der Waals surface area contributed by atoms with Gasteiger partial charge in [-0.2, -0.15) is 16.1 Å². The Hall–Kier alpha value is -0.800. The number of carbonyl (C=O) groups is 1. The van der Waals surface area contributed by atoms with Gasteiger partial charge >= 0.3 is 0 Å². The molecular weight excluding hydrogens is 420 g/mol. The average Bonchev–Trinajstić information content (AvgIpc) is 2.68. The number of aliphatic hydroxyl groups is 1. The lowest BCUT2D eigenvalue weighted by atomic mass is 10.0. The number of amides is 1. The third-order valence-electron chi connectivity index (χ3n) is 5.37. The molecule has 0 aliphatic carbocycles. The van der Waals surface area contributed by atoms with E-state index in [0.717, 1.165) is 24.3 Å². The molecule has 2 saturated heterocycles. The highest BCUT2D eigenvalue weighted by Crippen LogP contribution is 2.30. The molecule has 2 fully saturated rings. The SMILES string of the molecule is C[C@H]1CCCN(S(=O)(=O)c2cc(C(=O)N3CCSC[C@H]3CCO)ccc2Cl)C1. The molecule has 0 aromatic heterocycles.